The average molecular weight is 287 g/mol. The molecule has 1 aromatic carbocycles. The average Bonchev–Trinajstić information content (AvgIpc) is 2.82. The van der Waals surface area contributed by atoms with Crippen LogP contribution < -0.4 is 5.73 Å². The van der Waals surface area contributed by atoms with E-state index < -0.39 is 5.41 Å². The van der Waals surface area contributed by atoms with Crippen LogP contribution in [0.2, 0.25) is 0 Å². The van der Waals surface area contributed by atoms with Gasteiger partial charge in [-0.05, 0) is 18.6 Å². The second-order valence-electron chi connectivity index (χ2n) is 5.22. The van der Waals surface area contributed by atoms with Crippen molar-refractivity contribution in [2.24, 2.45) is 12.8 Å². The van der Waals surface area contributed by atoms with Gasteiger partial charge in [0.2, 0.25) is 0 Å². The van der Waals surface area contributed by atoms with Crippen molar-refractivity contribution >= 4 is 5.97 Å². The SMILES string of the molecule is COC(=O)C(CN)(Cc1cc(C)nn1C)c1ccccc1. The number of aromatic nitrogens is 2. The van der Waals surface area contributed by atoms with Gasteiger partial charge in [-0.25, -0.2) is 0 Å². The summed E-state index contributed by atoms with van der Waals surface area (Å²) < 4.78 is 6.81. The van der Waals surface area contributed by atoms with E-state index in [1.54, 1.807) is 4.68 Å². The van der Waals surface area contributed by atoms with Crippen LogP contribution in [0.15, 0.2) is 36.4 Å². The van der Waals surface area contributed by atoms with E-state index in [0.29, 0.717) is 6.42 Å². The maximum atomic E-state index is 12.5. The Balaban J connectivity index is 2.50. The van der Waals surface area contributed by atoms with Gasteiger partial charge in [-0.15, -0.1) is 0 Å². The Morgan fingerprint density at radius 2 is 2.05 bits per heavy atom. The maximum Gasteiger partial charge on any atom is 0.317 e. The predicted octanol–water partition coefficient (Wildman–Crippen LogP) is 1.34. The van der Waals surface area contributed by atoms with Gasteiger partial charge in [0.25, 0.3) is 0 Å². The molecule has 0 fully saturated rings. The molecule has 0 radical (unpaired) electrons. The van der Waals surface area contributed by atoms with Crippen LogP contribution in [0.5, 0.6) is 0 Å². The molecule has 0 saturated carbocycles. The number of carbonyl (C=O) groups excluding carboxylic acids is 1. The lowest BCUT2D eigenvalue weighted by atomic mass is 9.76. The molecule has 112 valence electrons. The Bertz CT molecular complexity index is 622. The molecule has 0 spiro atoms. The summed E-state index contributed by atoms with van der Waals surface area (Å²) in [6, 6.07) is 11.5. The highest BCUT2D eigenvalue weighted by atomic mass is 16.5. The number of carbonyl (C=O) groups is 1. The highest BCUT2D eigenvalue weighted by molar-refractivity contribution is 5.84. The van der Waals surface area contributed by atoms with Gasteiger partial charge in [-0.1, -0.05) is 30.3 Å². The molecule has 0 bridgehead atoms. The summed E-state index contributed by atoms with van der Waals surface area (Å²) in [6.07, 6.45) is 0.456. The number of methoxy groups -OCH3 is 1. The lowest BCUT2D eigenvalue weighted by Crippen LogP contribution is -2.46. The number of nitrogens with two attached hydrogens (primary N) is 1. The van der Waals surface area contributed by atoms with Gasteiger partial charge in [0.05, 0.1) is 12.8 Å². The Hall–Kier alpha value is -2.14. The minimum Gasteiger partial charge on any atom is -0.468 e. The molecule has 5 heteroatoms. The Morgan fingerprint density at radius 1 is 1.38 bits per heavy atom. The van der Waals surface area contributed by atoms with E-state index in [-0.39, 0.29) is 12.5 Å². The summed E-state index contributed by atoms with van der Waals surface area (Å²) in [5, 5.41) is 4.33. The zero-order valence-corrected chi connectivity index (χ0v) is 12.7. The van der Waals surface area contributed by atoms with E-state index in [1.165, 1.54) is 7.11 Å². The summed E-state index contributed by atoms with van der Waals surface area (Å²) in [5.41, 5.74) is 7.82. The summed E-state index contributed by atoms with van der Waals surface area (Å²) in [5.74, 6) is -0.324. The van der Waals surface area contributed by atoms with Crippen LogP contribution in [0.1, 0.15) is 17.0 Å². The number of aryl methyl sites for hydroxylation is 2. The number of nitrogens with zero attached hydrogens (tertiary/aromatic N) is 2. The third-order valence-electron chi connectivity index (χ3n) is 3.83. The van der Waals surface area contributed by atoms with Gasteiger partial charge in [-0.2, -0.15) is 5.10 Å². The second kappa shape index (κ2) is 6.10. The first-order chi connectivity index (χ1) is 10.0. The van der Waals surface area contributed by atoms with Crippen LogP contribution in [-0.2, 0) is 28.4 Å². The molecular formula is C16H21N3O2. The number of ether oxygens (including phenoxy) is 1. The molecule has 0 aliphatic rings. The number of hydrogen-bond donors (Lipinski definition) is 1. The molecular weight excluding hydrogens is 266 g/mol. The van der Waals surface area contributed by atoms with Crippen LogP contribution in [0, 0.1) is 6.92 Å². The van der Waals surface area contributed by atoms with Gasteiger partial charge in [-0.3, -0.25) is 9.48 Å². The predicted molar refractivity (Wildman–Crippen MR) is 80.8 cm³/mol. The van der Waals surface area contributed by atoms with Crippen molar-refractivity contribution in [3.05, 3.63) is 53.3 Å². The van der Waals surface area contributed by atoms with Crippen molar-refractivity contribution in [1.29, 1.82) is 0 Å². The summed E-state index contributed by atoms with van der Waals surface area (Å²) >= 11 is 0. The molecule has 0 aliphatic heterocycles. The van der Waals surface area contributed by atoms with Crippen molar-refractivity contribution in [1.82, 2.24) is 9.78 Å². The van der Waals surface area contributed by atoms with Gasteiger partial charge in [0.1, 0.15) is 5.41 Å². The first-order valence-electron chi connectivity index (χ1n) is 6.87. The topological polar surface area (TPSA) is 70.1 Å². The van der Waals surface area contributed by atoms with Crippen LogP contribution in [0.25, 0.3) is 0 Å². The van der Waals surface area contributed by atoms with E-state index in [0.717, 1.165) is 17.0 Å². The monoisotopic (exact) mass is 287 g/mol. The van der Waals surface area contributed by atoms with Crippen molar-refractivity contribution < 1.29 is 9.53 Å². The maximum absolute atomic E-state index is 12.5. The van der Waals surface area contributed by atoms with E-state index in [1.807, 2.05) is 50.4 Å². The van der Waals surface area contributed by atoms with Crippen molar-refractivity contribution in [2.45, 2.75) is 18.8 Å². The summed E-state index contributed by atoms with van der Waals surface area (Å²) in [7, 11) is 3.26. The van der Waals surface area contributed by atoms with E-state index in [2.05, 4.69) is 5.10 Å². The molecule has 0 saturated heterocycles. The summed E-state index contributed by atoms with van der Waals surface area (Å²) in [6.45, 7) is 2.10. The smallest absolute Gasteiger partial charge is 0.317 e. The Morgan fingerprint density at radius 3 is 2.52 bits per heavy atom. The third kappa shape index (κ3) is 2.83. The van der Waals surface area contributed by atoms with Crippen LogP contribution in [-0.4, -0.2) is 29.4 Å². The van der Waals surface area contributed by atoms with Crippen LogP contribution in [0.3, 0.4) is 0 Å². The van der Waals surface area contributed by atoms with Gasteiger partial charge >= 0.3 is 5.97 Å². The minimum absolute atomic E-state index is 0.175. The molecule has 1 heterocycles. The van der Waals surface area contributed by atoms with Crippen LogP contribution in [0.4, 0.5) is 0 Å². The number of benzene rings is 1. The quantitative estimate of drug-likeness (QED) is 0.843. The molecule has 2 rings (SSSR count). The Labute approximate surface area is 124 Å². The molecule has 0 amide bonds. The largest absolute Gasteiger partial charge is 0.468 e. The fourth-order valence-corrected chi connectivity index (χ4v) is 2.66. The van der Waals surface area contributed by atoms with Crippen LogP contribution >= 0.6 is 0 Å². The molecule has 1 atom stereocenters. The molecule has 5 nitrogen and oxygen atoms in total. The van der Waals surface area contributed by atoms with E-state index in [9.17, 15) is 4.79 Å². The molecule has 2 aromatic rings. The Kier molecular flexibility index (Phi) is 4.43. The fourth-order valence-electron chi connectivity index (χ4n) is 2.66. The van der Waals surface area contributed by atoms with E-state index in [4.69, 9.17) is 10.5 Å². The second-order valence-corrected chi connectivity index (χ2v) is 5.22. The van der Waals surface area contributed by atoms with Crippen molar-refractivity contribution in [3.63, 3.8) is 0 Å². The molecule has 2 N–H and O–H groups in total. The van der Waals surface area contributed by atoms with Crippen molar-refractivity contribution in [2.75, 3.05) is 13.7 Å². The minimum atomic E-state index is -0.893. The molecule has 21 heavy (non-hydrogen) atoms. The van der Waals surface area contributed by atoms with Crippen molar-refractivity contribution in [3.8, 4) is 0 Å². The zero-order valence-electron chi connectivity index (χ0n) is 12.7. The van der Waals surface area contributed by atoms with Gasteiger partial charge in [0, 0.05) is 25.7 Å². The highest BCUT2D eigenvalue weighted by Gasteiger charge is 2.41. The number of esters is 1. The number of hydrogen-bond acceptors (Lipinski definition) is 4. The van der Waals surface area contributed by atoms with Gasteiger partial charge in [0.15, 0.2) is 0 Å². The van der Waals surface area contributed by atoms with E-state index >= 15 is 0 Å². The molecule has 1 aromatic heterocycles. The fraction of sp³-hybridized carbons (Fsp3) is 0.375. The zero-order chi connectivity index (χ0) is 15.5. The molecule has 1 unspecified atom stereocenters. The lowest BCUT2D eigenvalue weighted by molar-refractivity contribution is -0.147. The molecule has 0 aliphatic carbocycles. The summed E-state index contributed by atoms with van der Waals surface area (Å²) in [4.78, 5) is 12.5. The first kappa shape index (κ1) is 15.3. The lowest BCUT2D eigenvalue weighted by Gasteiger charge is -2.30. The van der Waals surface area contributed by atoms with Gasteiger partial charge < -0.3 is 10.5 Å². The normalized spacial score (nSPS) is 13.7. The first-order valence-corrected chi connectivity index (χ1v) is 6.87. The standard InChI is InChI=1S/C16H21N3O2/c1-12-9-14(19(2)18-12)10-16(11-17,15(20)21-3)13-7-5-4-6-8-13/h4-9H,10-11,17H2,1-3H3. The third-order valence-corrected chi connectivity index (χ3v) is 3.83. The number of rotatable bonds is 5. The highest BCUT2D eigenvalue weighted by Crippen LogP contribution is 2.29.